The van der Waals surface area contributed by atoms with Gasteiger partial charge in [-0.25, -0.2) is 15.0 Å². The molecule has 6 nitrogen and oxygen atoms in total. The van der Waals surface area contributed by atoms with E-state index in [2.05, 4.69) is 37.3 Å². The van der Waals surface area contributed by atoms with Gasteiger partial charge in [0.15, 0.2) is 0 Å². The number of anilines is 3. The summed E-state index contributed by atoms with van der Waals surface area (Å²) in [4.78, 5) is 15.7. The molecular weight excluding hydrogens is 324 g/mol. The van der Waals surface area contributed by atoms with E-state index in [4.69, 9.17) is 0 Å². The highest BCUT2D eigenvalue weighted by molar-refractivity contribution is 5.66. The van der Waals surface area contributed by atoms with Gasteiger partial charge in [0.25, 0.3) is 0 Å². The number of nitrogens with zero attached hydrogens (tertiary/aromatic N) is 5. The molecule has 4 rings (SSSR count). The van der Waals surface area contributed by atoms with Crippen LogP contribution in [-0.2, 0) is 0 Å². The molecule has 0 aliphatic rings. The summed E-state index contributed by atoms with van der Waals surface area (Å²) >= 11 is 0. The van der Waals surface area contributed by atoms with E-state index < -0.39 is 0 Å². The first-order valence-corrected chi connectivity index (χ1v) is 8.43. The third-order valence-electron chi connectivity index (χ3n) is 4.24. The Bertz CT molecular complexity index is 1050. The summed E-state index contributed by atoms with van der Waals surface area (Å²) in [5, 5.41) is 3.27. The zero-order valence-electron chi connectivity index (χ0n) is 15.0. The molecule has 4 aromatic rings. The molecule has 3 aromatic heterocycles. The highest BCUT2D eigenvalue weighted by Gasteiger charge is 2.12. The van der Waals surface area contributed by atoms with Gasteiger partial charge in [0.05, 0.1) is 17.1 Å². The molecule has 0 amide bonds. The Balaban J connectivity index is 1.67. The summed E-state index contributed by atoms with van der Waals surface area (Å²) in [6, 6.07) is 16.0. The van der Waals surface area contributed by atoms with E-state index in [9.17, 15) is 0 Å². The van der Waals surface area contributed by atoms with E-state index >= 15 is 0 Å². The number of pyridine rings is 1. The fourth-order valence-corrected chi connectivity index (χ4v) is 2.94. The maximum Gasteiger partial charge on any atom is 0.227 e. The monoisotopic (exact) mass is 344 g/mol. The highest BCUT2D eigenvalue weighted by Crippen LogP contribution is 2.24. The molecule has 0 saturated heterocycles. The van der Waals surface area contributed by atoms with Crippen LogP contribution in [0.4, 0.5) is 17.3 Å². The van der Waals surface area contributed by atoms with Crippen LogP contribution in [0.3, 0.4) is 0 Å². The number of imidazole rings is 1. The summed E-state index contributed by atoms with van der Waals surface area (Å²) < 4.78 is 2.05. The molecule has 0 saturated carbocycles. The molecule has 0 spiro atoms. The highest BCUT2D eigenvalue weighted by atomic mass is 15.1. The number of aryl methyl sites for hydroxylation is 1. The second-order valence-electron chi connectivity index (χ2n) is 6.31. The van der Waals surface area contributed by atoms with E-state index in [1.807, 2.05) is 68.0 Å². The van der Waals surface area contributed by atoms with Gasteiger partial charge in [0.2, 0.25) is 5.95 Å². The molecule has 26 heavy (non-hydrogen) atoms. The minimum Gasteiger partial charge on any atom is -0.378 e. The summed E-state index contributed by atoms with van der Waals surface area (Å²) in [6.45, 7) is 2.00. The predicted molar refractivity (Wildman–Crippen MR) is 105 cm³/mol. The number of rotatable bonds is 4. The van der Waals surface area contributed by atoms with Crippen LogP contribution in [0.2, 0.25) is 0 Å². The van der Waals surface area contributed by atoms with E-state index in [1.54, 1.807) is 6.20 Å². The zero-order chi connectivity index (χ0) is 18.1. The van der Waals surface area contributed by atoms with E-state index in [-0.39, 0.29) is 0 Å². The average molecular weight is 344 g/mol. The fourth-order valence-electron chi connectivity index (χ4n) is 2.94. The number of benzene rings is 1. The number of hydrogen-bond donors (Lipinski definition) is 1. The topological polar surface area (TPSA) is 58.4 Å². The molecule has 0 radical (unpaired) electrons. The molecular formula is C20H20N6. The van der Waals surface area contributed by atoms with Crippen molar-refractivity contribution in [2.45, 2.75) is 6.92 Å². The van der Waals surface area contributed by atoms with Crippen LogP contribution in [0.5, 0.6) is 0 Å². The zero-order valence-corrected chi connectivity index (χ0v) is 15.0. The van der Waals surface area contributed by atoms with Crippen molar-refractivity contribution < 1.29 is 0 Å². The lowest BCUT2D eigenvalue weighted by Crippen LogP contribution is -2.08. The second-order valence-corrected chi connectivity index (χ2v) is 6.31. The Morgan fingerprint density at radius 1 is 0.962 bits per heavy atom. The predicted octanol–water partition coefficient (Wildman–Crippen LogP) is 3.91. The van der Waals surface area contributed by atoms with Crippen molar-refractivity contribution in [1.82, 2.24) is 19.4 Å². The van der Waals surface area contributed by atoms with Crippen LogP contribution in [-0.4, -0.2) is 33.4 Å². The van der Waals surface area contributed by atoms with Gasteiger partial charge in [-0.2, -0.15) is 0 Å². The van der Waals surface area contributed by atoms with Crippen LogP contribution in [0.25, 0.3) is 17.0 Å². The third-order valence-corrected chi connectivity index (χ3v) is 4.24. The summed E-state index contributed by atoms with van der Waals surface area (Å²) in [5.74, 6) is 0.561. The minimum absolute atomic E-state index is 0.561. The standard InChI is InChI=1S/C20H20N6/c1-14-19(26-13-5-4-6-18(26)22-14)17-11-12-21-20(24-17)23-15-7-9-16(10-8-15)25(2)3/h4-13H,1-3H3,(H,21,23,24). The quantitative estimate of drug-likeness (QED) is 0.608. The summed E-state index contributed by atoms with van der Waals surface area (Å²) in [5.41, 5.74) is 5.76. The van der Waals surface area contributed by atoms with Crippen LogP contribution in [0, 0.1) is 6.92 Å². The van der Waals surface area contributed by atoms with Crippen molar-refractivity contribution in [2.24, 2.45) is 0 Å². The molecule has 0 unspecified atom stereocenters. The molecule has 0 fully saturated rings. The van der Waals surface area contributed by atoms with Gasteiger partial charge in [-0.05, 0) is 49.4 Å². The smallest absolute Gasteiger partial charge is 0.227 e. The maximum absolute atomic E-state index is 4.69. The van der Waals surface area contributed by atoms with Gasteiger partial charge in [0.1, 0.15) is 5.65 Å². The van der Waals surface area contributed by atoms with Crippen molar-refractivity contribution >= 4 is 23.0 Å². The number of aromatic nitrogens is 4. The summed E-state index contributed by atoms with van der Waals surface area (Å²) in [6.07, 6.45) is 3.76. The Hall–Kier alpha value is -3.41. The Morgan fingerprint density at radius 2 is 1.77 bits per heavy atom. The van der Waals surface area contributed by atoms with Gasteiger partial charge in [-0.15, -0.1) is 0 Å². The molecule has 0 atom stereocenters. The first-order chi connectivity index (χ1) is 12.6. The van der Waals surface area contributed by atoms with Gasteiger partial charge in [-0.1, -0.05) is 6.07 Å². The number of fused-ring (bicyclic) bond motifs is 1. The van der Waals surface area contributed by atoms with Crippen molar-refractivity contribution in [1.29, 1.82) is 0 Å². The molecule has 1 aromatic carbocycles. The van der Waals surface area contributed by atoms with Crippen molar-refractivity contribution in [2.75, 3.05) is 24.3 Å². The fraction of sp³-hybridized carbons (Fsp3) is 0.150. The number of nitrogens with one attached hydrogen (secondary N) is 1. The van der Waals surface area contributed by atoms with Crippen LogP contribution in [0.1, 0.15) is 5.69 Å². The van der Waals surface area contributed by atoms with Crippen LogP contribution in [0.15, 0.2) is 60.9 Å². The molecule has 0 aliphatic heterocycles. The SMILES string of the molecule is Cc1nc2ccccn2c1-c1ccnc(Nc2ccc(N(C)C)cc2)n1. The molecule has 0 aliphatic carbocycles. The lowest BCUT2D eigenvalue weighted by atomic mass is 10.2. The van der Waals surface area contributed by atoms with Gasteiger partial charge >= 0.3 is 0 Å². The van der Waals surface area contributed by atoms with E-state index in [0.717, 1.165) is 34.1 Å². The third kappa shape index (κ3) is 2.97. The maximum atomic E-state index is 4.69. The normalized spacial score (nSPS) is 10.9. The molecule has 0 bridgehead atoms. The molecule has 1 N–H and O–H groups in total. The Kier molecular flexibility index (Phi) is 4.01. The van der Waals surface area contributed by atoms with Crippen molar-refractivity contribution in [3.05, 3.63) is 66.6 Å². The largest absolute Gasteiger partial charge is 0.378 e. The Labute approximate surface area is 152 Å². The number of hydrogen-bond acceptors (Lipinski definition) is 5. The van der Waals surface area contributed by atoms with Crippen LogP contribution >= 0.6 is 0 Å². The Morgan fingerprint density at radius 3 is 2.54 bits per heavy atom. The molecule has 6 heteroatoms. The molecule has 130 valence electrons. The van der Waals surface area contributed by atoms with Gasteiger partial charge in [0, 0.05) is 37.9 Å². The lowest BCUT2D eigenvalue weighted by molar-refractivity contribution is 1.12. The van der Waals surface area contributed by atoms with Crippen molar-refractivity contribution in [3.8, 4) is 11.4 Å². The minimum atomic E-state index is 0.561. The average Bonchev–Trinajstić information content (AvgIpc) is 2.98. The van der Waals surface area contributed by atoms with E-state index in [0.29, 0.717) is 5.95 Å². The van der Waals surface area contributed by atoms with Crippen molar-refractivity contribution in [3.63, 3.8) is 0 Å². The lowest BCUT2D eigenvalue weighted by Gasteiger charge is -2.13. The summed E-state index contributed by atoms with van der Waals surface area (Å²) in [7, 11) is 4.04. The second kappa shape index (κ2) is 6.48. The first-order valence-electron chi connectivity index (χ1n) is 8.43. The van der Waals surface area contributed by atoms with Crippen LogP contribution < -0.4 is 10.2 Å². The molecule has 3 heterocycles. The van der Waals surface area contributed by atoms with Gasteiger partial charge < -0.3 is 10.2 Å². The first kappa shape index (κ1) is 16.1. The van der Waals surface area contributed by atoms with E-state index in [1.165, 1.54) is 0 Å². The van der Waals surface area contributed by atoms with Gasteiger partial charge in [-0.3, -0.25) is 4.40 Å².